The van der Waals surface area contributed by atoms with Gasteiger partial charge in [-0.05, 0) is 31.9 Å². The van der Waals surface area contributed by atoms with Crippen LogP contribution in [0.5, 0.6) is 0 Å². The molecule has 1 N–H and O–H groups in total. The van der Waals surface area contributed by atoms with Crippen molar-refractivity contribution in [1.29, 1.82) is 0 Å². The summed E-state index contributed by atoms with van der Waals surface area (Å²) in [5, 5.41) is 3.34. The second-order valence-electron chi connectivity index (χ2n) is 7.57. The Morgan fingerprint density at radius 2 is 1.72 bits per heavy atom. The van der Waals surface area contributed by atoms with E-state index in [9.17, 15) is 9.00 Å². The van der Waals surface area contributed by atoms with Crippen LogP contribution in [0.25, 0.3) is 0 Å². The maximum Gasteiger partial charge on any atom is 0.239 e. The van der Waals surface area contributed by atoms with E-state index in [-0.39, 0.29) is 11.9 Å². The predicted octanol–water partition coefficient (Wildman–Crippen LogP) is 0.998. The molecule has 2 atom stereocenters. The molecule has 0 radical (unpaired) electrons. The van der Waals surface area contributed by atoms with Gasteiger partial charge in [0.2, 0.25) is 5.91 Å². The average Bonchev–Trinajstić information content (AvgIpc) is 3.31. The molecular formula is C21H33N5O2S. The third-order valence-corrected chi connectivity index (χ3v) is 7.10. The first-order chi connectivity index (χ1) is 14.1. The van der Waals surface area contributed by atoms with E-state index in [1.807, 2.05) is 42.2 Å². The zero-order valence-corrected chi connectivity index (χ0v) is 18.4. The first kappa shape index (κ1) is 21.8. The van der Waals surface area contributed by atoms with Gasteiger partial charge >= 0.3 is 0 Å². The molecule has 0 spiro atoms. The van der Waals surface area contributed by atoms with E-state index in [0.717, 1.165) is 63.0 Å². The summed E-state index contributed by atoms with van der Waals surface area (Å²) in [6, 6.07) is 9.49. The van der Waals surface area contributed by atoms with Crippen molar-refractivity contribution in [3.8, 4) is 0 Å². The molecule has 2 aliphatic heterocycles. The molecule has 0 aromatic heterocycles. The SMILES string of the molecule is CN=C(NCCS(=O)c1ccccc1)N1CCN(C(C)C(=O)N2CCCC2)CC1. The highest BCUT2D eigenvalue weighted by molar-refractivity contribution is 7.85. The molecule has 2 saturated heterocycles. The van der Waals surface area contributed by atoms with Crippen LogP contribution in [0, 0.1) is 0 Å². The van der Waals surface area contributed by atoms with Crippen LogP contribution < -0.4 is 5.32 Å². The highest BCUT2D eigenvalue weighted by Gasteiger charge is 2.30. The van der Waals surface area contributed by atoms with Crippen LogP contribution in [0.4, 0.5) is 0 Å². The number of carbonyl (C=O) groups is 1. The van der Waals surface area contributed by atoms with Crippen molar-refractivity contribution >= 4 is 22.7 Å². The number of hydrogen-bond acceptors (Lipinski definition) is 4. The second kappa shape index (κ2) is 10.7. The molecule has 7 nitrogen and oxygen atoms in total. The highest BCUT2D eigenvalue weighted by atomic mass is 32.2. The molecule has 1 aromatic rings. The minimum Gasteiger partial charge on any atom is -0.355 e. The Bertz CT molecular complexity index is 713. The summed E-state index contributed by atoms with van der Waals surface area (Å²) < 4.78 is 12.4. The average molecular weight is 420 g/mol. The van der Waals surface area contributed by atoms with Crippen molar-refractivity contribution in [3.05, 3.63) is 30.3 Å². The van der Waals surface area contributed by atoms with Crippen LogP contribution in [0.3, 0.4) is 0 Å². The van der Waals surface area contributed by atoms with Gasteiger partial charge in [0.25, 0.3) is 0 Å². The molecule has 1 aromatic carbocycles. The topological polar surface area (TPSA) is 68.2 Å². The summed E-state index contributed by atoms with van der Waals surface area (Å²) in [5.74, 6) is 1.65. The highest BCUT2D eigenvalue weighted by Crippen LogP contribution is 2.14. The smallest absolute Gasteiger partial charge is 0.239 e. The van der Waals surface area contributed by atoms with Crippen LogP contribution in [-0.2, 0) is 15.6 Å². The third-order valence-electron chi connectivity index (χ3n) is 5.73. The summed E-state index contributed by atoms with van der Waals surface area (Å²) in [4.78, 5) is 24.4. The Morgan fingerprint density at radius 1 is 1.07 bits per heavy atom. The fourth-order valence-electron chi connectivity index (χ4n) is 3.96. The number of aliphatic imine (C=N–C) groups is 1. The Kier molecular flexibility index (Phi) is 8.06. The summed E-state index contributed by atoms with van der Waals surface area (Å²) in [6.45, 7) is 7.81. The largest absolute Gasteiger partial charge is 0.355 e. The fraction of sp³-hybridized carbons (Fsp3) is 0.619. The molecule has 0 bridgehead atoms. The molecule has 29 heavy (non-hydrogen) atoms. The number of benzene rings is 1. The molecule has 2 heterocycles. The lowest BCUT2D eigenvalue weighted by Gasteiger charge is -2.39. The molecule has 2 unspecified atom stereocenters. The van der Waals surface area contributed by atoms with Gasteiger partial charge in [0.1, 0.15) is 0 Å². The summed E-state index contributed by atoms with van der Waals surface area (Å²) in [5.41, 5.74) is 0. The number of likely N-dealkylation sites (tertiary alicyclic amines) is 1. The van der Waals surface area contributed by atoms with Gasteiger partial charge in [-0.2, -0.15) is 0 Å². The van der Waals surface area contributed by atoms with Crippen molar-refractivity contribution in [2.45, 2.75) is 30.7 Å². The first-order valence-corrected chi connectivity index (χ1v) is 11.8. The van der Waals surface area contributed by atoms with Gasteiger partial charge in [0, 0.05) is 63.5 Å². The molecule has 2 aliphatic rings. The van der Waals surface area contributed by atoms with Gasteiger partial charge in [-0.25, -0.2) is 0 Å². The number of piperazine rings is 1. The van der Waals surface area contributed by atoms with E-state index < -0.39 is 10.8 Å². The fourth-order valence-corrected chi connectivity index (χ4v) is 4.94. The standard InChI is InChI=1S/C21H33N5O2S/c1-18(20(27)25-11-6-7-12-25)24-13-15-26(16-14-24)21(22-2)23-10-17-29(28)19-8-4-3-5-9-19/h3-5,8-9,18H,6-7,10-17H2,1-2H3,(H,22,23). The number of amides is 1. The molecule has 2 fully saturated rings. The third kappa shape index (κ3) is 5.79. The van der Waals surface area contributed by atoms with Crippen molar-refractivity contribution in [1.82, 2.24) is 20.0 Å². The number of nitrogens with one attached hydrogen (secondary N) is 1. The van der Waals surface area contributed by atoms with Crippen molar-refractivity contribution in [2.24, 2.45) is 4.99 Å². The van der Waals surface area contributed by atoms with Gasteiger partial charge in [-0.15, -0.1) is 0 Å². The van der Waals surface area contributed by atoms with E-state index in [1.165, 1.54) is 0 Å². The van der Waals surface area contributed by atoms with Gasteiger partial charge in [0.15, 0.2) is 5.96 Å². The van der Waals surface area contributed by atoms with Gasteiger partial charge in [-0.3, -0.25) is 18.9 Å². The Hall–Kier alpha value is -1.93. The van der Waals surface area contributed by atoms with E-state index in [1.54, 1.807) is 7.05 Å². The van der Waals surface area contributed by atoms with E-state index in [4.69, 9.17) is 0 Å². The lowest BCUT2D eigenvalue weighted by atomic mass is 10.2. The maximum atomic E-state index is 12.6. The quantitative estimate of drug-likeness (QED) is 0.550. The number of hydrogen-bond donors (Lipinski definition) is 1. The molecular weight excluding hydrogens is 386 g/mol. The number of nitrogens with zero attached hydrogens (tertiary/aromatic N) is 4. The monoisotopic (exact) mass is 419 g/mol. The number of carbonyl (C=O) groups excluding carboxylic acids is 1. The zero-order valence-electron chi connectivity index (χ0n) is 17.5. The predicted molar refractivity (Wildman–Crippen MR) is 118 cm³/mol. The van der Waals surface area contributed by atoms with Crippen molar-refractivity contribution in [2.75, 3.05) is 58.6 Å². The zero-order chi connectivity index (χ0) is 20.6. The van der Waals surface area contributed by atoms with Crippen LogP contribution in [-0.4, -0.2) is 95.4 Å². The molecule has 3 rings (SSSR count). The summed E-state index contributed by atoms with van der Waals surface area (Å²) >= 11 is 0. The van der Waals surface area contributed by atoms with Crippen LogP contribution in [0.1, 0.15) is 19.8 Å². The van der Waals surface area contributed by atoms with Crippen molar-refractivity contribution in [3.63, 3.8) is 0 Å². The minimum absolute atomic E-state index is 0.0569. The second-order valence-corrected chi connectivity index (χ2v) is 9.14. The van der Waals surface area contributed by atoms with Crippen molar-refractivity contribution < 1.29 is 9.00 Å². The minimum atomic E-state index is -1.01. The Balaban J connectivity index is 1.42. The summed E-state index contributed by atoms with van der Waals surface area (Å²) in [6.07, 6.45) is 2.26. The molecule has 8 heteroatoms. The van der Waals surface area contributed by atoms with Gasteiger partial charge in [-0.1, -0.05) is 18.2 Å². The lowest BCUT2D eigenvalue weighted by Crippen LogP contribution is -2.57. The molecule has 0 saturated carbocycles. The van der Waals surface area contributed by atoms with Gasteiger partial charge in [0.05, 0.1) is 16.8 Å². The maximum absolute atomic E-state index is 12.6. The Morgan fingerprint density at radius 3 is 2.34 bits per heavy atom. The lowest BCUT2D eigenvalue weighted by molar-refractivity contribution is -0.135. The number of guanidine groups is 1. The molecule has 160 valence electrons. The normalized spacial score (nSPS) is 20.6. The first-order valence-electron chi connectivity index (χ1n) is 10.5. The van der Waals surface area contributed by atoms with Gasteiger partial charge < -0.3 is 15.1 Å². The van der Waals surface area contributed by atoms with E-state index in [0.29, 0.717) is 12.3 Å². The number of rotatable bonds is 6. The molecule has 1 amide bonds. The van der Waals surface area contributed by atoms with Crippen LogP contribution in [0.2, 0.25) is 0 Å². The Labute approximate surface area is 176 Å². The van der Waals surface area contributed by atoms with Crippen LogP contribution >= 0.6 is 0 Å². The van der Waals surface area contributed by atoms with E-state index in [2.05, 4.69) is 20.1 Å². The summed E-state index contributed by atoms with van der Waals surface area (Å²) in [7, 11) is 0.768. The van der Waals surface area contributed by atoms with Crippen LogP contribution in [0.15, 0.2) is 40.2 Å². The van der Waals surface area contributed by atoms with E-state index >= 15 is 0 Å². The molecule has 0 aliphatic carbocycles.